The van der Waals surface area contributed by atoms with Gasteiger partial charge in [0, 0.05) is 11.6 Å². The summed E-state index contributed by atoms with van der Waals surface area (Å²) in [6.45, 7) is 0. The topological polar surface area (TPSA) is 41.9 Å². The van der Waals surface area contributed by atoms with E-state index in [1.54, 1.807) is 6.07 Å². The molecule has 4 aromatic carbocycles. The Labute approximate surface area is 185 Å². The number of benzene rings is 4. The first kappa shape index (κ1) is 18.3. The molecule has 4 heteroatoms. The predicted molar refractivity (Wildman–Crippen MR) is 126 cm³/mol. The van der Waals surface area contributed by atoms with E-state index >= 15 is 0 Å². The summed E-state index contributed by atoms with van der Waals surface area (Å²) < 4.78 is 3.92. The minimum atomic E-state index is 0.213. The summed E-state index contributed by atoms with van der Waals surface area (Å²) in [7, 11) is 0. The van der Waals surface area contributed by atoms with E-state index in [-0.39, 0.29) is 5.75 Å². The van der Waals surface area contributed by atoms with Crippen molar-refractivity contribution in [2.45, 2.75) is 0 Å². The summed E-state index contributed by atoms with van der Waals surface area (Å²) in [6, 6.07) is 34.1. The summed E-state index contributed by atoms with van der Waals surface area (Å²) in [5.41, 5.74) is 5.62. The van der Waals surface area contributed by atoms with Gasteiger partial charge in [0.15, 0.2) is 0 Å². The zero-order valence-corrected chi connectivity index (χ0v) is 17.2. The van der Waals surface area contributed by atoms with Crippen LogP contribution < -0.4 is 4.57 Å². The zero-order valence-electron chi connectivity index (χ0n) is 17.2. The molecular weight excluding hydrogens is 394 g/mol. The summed E-state index contributed by atoms with van der Waals surface area (Å²) in [5, 5.41) is 12.7. The molecule has 32 heavy (non-hydrogen) atoms. The van der Waals surface area contributed by atoms with Crippen molar-refractivity contribution in [1.29, 1.82) is 0 Å². The van der Waals surface area contributed by atoms with Crippen LogP contribution >= 0.6 is 0 Å². The molecule has 4 nitrogen and oxygen atoms in total. The Bertz CT molecular complexity index is 1590. The zero-order chi connectivity index (χ0) is 21.5. The molecule has 0 fully saturated rings. The van der Waals surface area contributed by atoms with E-state index < -0.39 is 0 Å². The third-order valence-corrected chi connectivity index (χ3v) is 5.74. The second kappa shape index (κ2) is 7.36. The van der Waals surface area contributed by atoms with Gasteiger partial charge in [-0.3, -0.25) is 14.1 Å². The van der Waals surface area contributed by atoms with Crippen LogP contribution in [-0.4, -0.2) is 14.7 Å². The predicted octanol–water partition coefficient (Wildman–Crippen LogP) is 5.63. The number of fused-ring (bicyclic) bond motifs is 2. The molecule has 0 aliphatic heterocycles. The molecular formula is C28H19N3O. The number of phenols is 1. The van der Waals surface area contributed by atoms with Crippen molar-refractivity contribution < 1.29 is 9.67 Å². The van der Waals surface area contributed by atoms with E-state index in [4.69, 9.17) is 0 Å². The second-order valence-corrected chi connectivity index (χ2v) is 7.68. The van der Waals surface area contributed by atoms with Gasteiger partial charge < -0.3 is 5.11 Å². The van der Waals surface area contributed by atoms with Gasteiger partial charge in [0.05, 0.1) is 22.4 Å². The van der Waals surface area contributed by atoms with Crippen LogP contribution in [0.4, 0.5) is 0 Å². The van der Waals surface area contributed by atoms with Gasteiger partial charge in [0.2, 0.25) is 0 Å². The molecule has 6 aromatic rings. The highest BCUT2D eigenvalue weighted by molar-refractivity contribution is 5.94. The number of pyridine rings is 1. The van der Waals surface area contributed by atoms with Gasteiger partial charge in [-0.15, -0.1) is 0 Å². The minimum Gasteiger partial charge on any atom is -0.511 e. The van der Waals surface area contributed by atoms with E-state index in [0.29, 0.717) is 5.69 Å². The van der Waals surface area contributed by atoms with E-state index in [9.17, 15) is 5.11 Å². The van der Waals surface area contributed by atoms with E-state index in [2.05, 4.69) is 47.7 Å². The first-order valence-electron chi connectivity index (χ1n) is 10.5. The molecule has 0 radical (unpaired) electrons. The van der Waals surface area contributed by atoms with Crippen molar-refractivity contribution in [3.63, 3.8) is 0 Å². The lowest BCUT2D eigenvalue weighted by Crippen LogP contribution is -2.29. The average Bonchev–Trinajstić information content (AvgIpc) is 3.24. The molecule has 0 amide bonds. The fourth-order valence-corrected chi connectivity index (χ4v) is 4.23. The van der Waals surface area contributed by atoms with Gasteiger partial charge in [0.1, 0.15) is 11.4 Å². The number of nitrogens with zero attached hydrogens (tertiary/aromatic N) is 3. The molecule has 1 N–H and O–H groups in total. The number of imidazole rings is 1. The molecule has 152 valence electrons. The molecule has 0 aliphatic carbocycles. The van der Waals surface area contributed by atoms with Gasteiger partial charge in [-0.1, -0.05) is 72.8 Å². The maximum absolute atomic E-state index is 10.4. The third-order valence-electron chi connectivity index (χ3n) is 5.74. The minimum absolute atomic E-state index is 0.213. The van der Waals surface area contributed by atoms with E-state index in [0.717, 1.165) is 33.4 Å². The lowest BCUT2D eigenvalue weighted by molar-refractivity contribution is -0.572. The molecule has 2 aromatic heterocycles. The summed E-state index contributed by atoms with van der Waals surface area (Å²) in [4.78, 5) is 4.68. The Morgan fingerprint density at radius 1 is 0.781 bits per heavy atom. The van der Waals surface area contributed by atoms with Crippen LogP contribution in [0.15, 0.2) is 109 Å². The Morgan fingerprint density at radius 3 is 2.53 bits per heavy atom. The number of rotatable bonds is 3. The Balaban J connectivity index is 1.56. The number of aromatic nitrogens is 3. The first-order chi connectivity index (χ1) is 15.8. The van der Waals surface area contributed by atoms with Gasteiger partial charge in [-0.05, 0) is 41.3 Å². The fraction of sp³-hybridized carbons (Fsp3) is 0. The maximum Gasteiger partial charge on any atom is 0.269 e. The fourth-order valence-electron chi connectivity index (χ4n) is 4.23. The highest BCUT2D eigenvalue weighted by Crippen LogP contribution is 2.28. The molecule has 0 atom stereocenters. The van der Waals surface area contributed by atoms with Crippen molar-refractivity contribution in [3.05, 3.63) is 116 Å². The van der Waals surface area contributed by atoms with Crippen molar-refractivity contribution in [2.75, 3.05) is 0 Å². The molecule has 6 rings (SSSR count). The smallest absolute Gasteiger partial charge is 0.269 e. The number of aromatic hydroxyl groups is 1. The third kappa shape index (κ3) is 2.93. The molecule has 0 spiro atoms. The SMILES string of the molecule is Oc1ccccc1-n1[c-][n+](-c2cccc(-c3nccc4ccccc34)c2)c2ccccc21. The summed E-state index contributed by atoms with van der Waals surface area (Å²) in [5.74, 6) is 0.213. The van der Waals surface area contributed by atoms with Crippen LogP contribution in [0.5, 0.6) is 5.75 Å². The van der Waals surface area contributed by atoms with Gasteiger partial charge in [-0.25, -0.2) is 0 Å². The number of hydrogen-bond acceptors (Lipinski definition) is 2. The number of phenolic OH excluding ortho intramolecular Hbond substituents is 1. The normalized spacial score (nSPS) is 11.2. The monoisotopic (exact) mass is 413 g/mol. The van der Waals surface area contributed by atoms with E-state index in [1.165, 1.54) is 5.39 Å². The lowest BCUT2D eigenvalue weighted by Gasteiger charge is -2.09. The number of para-hydroxylation sites is 4. The van der Waals surface area contributed by atoms with Crippen LogP contribution in [0.25, 0.3) is 44.4 Å². The summed E-state index contributed by atoms with van der Waals surface area (Å²) in [6.07, 6.45) is 5.29. The van der Waals surface area contributed by atoms with Crippen LogP contribution in [0.3, 0.4) is 0 Å². The summed E-state index contributed by atoms with van der Waals surface area (Å²) >= 11 is 0. The maximum atomic E-state index is 10.4. The van der Waals surface area contributed by atoms with Crippen LogP contribution in [0.2, 0.25) is 0 Å². The molecule has 0 saturated heterocycles. The lowest BCUT2D eigenvalue weighted by atomic mass is 10.0. The second-order valence-electron chi connectivity index (χ2n) is 7.68. The van der Waals surface area contributed by atoms with Crippen molar-refractivity contribution in [2.24, 2.45) is 0 Å². The largest absolute Gasteiger partial charge is 0.511 e. The highest BCUT2D eigenvalue weighted by atomic mass is 16.3. The Morgan fingerprint density at radius 2 is 1.59 bits per heavy atom. The van der Waals surface area contributed by atoms with Crippen LogP contribution in [0.1, 0.15) is 0 Å². The van der Waals surface area contributed by atoms with Gasteiger partial charge in [-0.2, -0.15) is 0 Å². The molecule has 0 saturated carbocycles. The van der Waals surface area contributed by atoms with Gasteiger partial charge >= 0.3 is 0 Å². The highest BCUT2D eigenvalue weighted by Gasteiger charge is 2.15. The van der Waals surface area contributed by atoms with Gasteiger partial charge in [0.25, 0.3) is 6.33 Å². The first-order valence-corrected chi connectivity index (χ1v) is 10.5. The average molecular weight is 413 g/mol. The number of hydrogen-bond donors (Lipinski definition) is 1. The molecule has 0 aliphatic rings. The standard InChI is InChI=1S/C28H19N3O/c32-27-15-6-5-14-26(27)31-19-30(24-12-3-4-13-25(24)31)22-10-7-9-21(18-22)28-23-11-2-1-8-20(23)16-17-29-28/h1-18,32H. The van der Waals surface area contributed by atoms with Crippen molar-refractivity contribution >= 4 is 21.8 Å². The van der Waals surface area contributed by atoms with E-state index in [1.807, 2.05) is 76.0 Å². The van der Waals surface area contributed by atoms with Crippen LogP contribution in [0, 0.1) is 6.33 Å². The molecule has 0 bridgehead atoms. The Kier molecular flexibility index (Phi) is 4.22. The van der Waals surface area contributed by atoms with Crippen molar-refractivity contribution in [1.82, 2.24) is 9.55 Å². The van der Waals surface area contributed by atoms with Crippen LogP contribution in [-0.2, 0) is 0 Å². The Hall–Kier alpha value is -4.44. The molecule has 0 unspecified atom stereocenters. The van der Waals surface area contributed by atoms with Crippen molar-refractivity contribution in [3.8, 4) is 28.4 Å². The molecule has 2 heterocycles. The quantitative estimate of drug-likeness (QED) is 0.302.